The number of nitrogen functional groups attached to an aromatic ring is 1. The summed E-state index contributed by atoms with van der Waals surface area (Å²) in [4.78, 5) is 15.8. The zero-order valence-corrected chi connectivity index (χ0v) is 11.7. The molecule has 0 amide bonds. The molecule has 0 unspecified atom stereocenters. The fraction of sp³-hybridized carbons (Fsp3) is 0.0625. The van der Waals surface area contributed by atoms with Gasteiger partial charge in [-0.2, -0.15) is 0 Å². The summed E-state index contributed by atoms with van der Waals surface area (Å²) in [5.74, 6) is -0.120. The fourth-order valence-corrected chi connectivity index (χ4v) is 2.61. The van der Waals surface area contributed by atoms with Crippen molar-refractivity contribution in [1.29, 1.82) is 0 Å². The van der Waals surface area contributed by atoms with Crippen LogP contribution in [0.25, 0.3) is 10.9 Å². The number of ketones is 1. The van der Waals surface area contributed by atoms with Crippen LogP contribution in [0.1, 0.15) is 21.5 Å². The van der Waals surface area contributed by atoms with Gasteiger partial charge in [0.15, 0.2) is 5.78 Å². The van der Waals surface area contributed by atoms with Gasteiger partial charge in [0.1, 0.15) is 0 Å². The van der Waals surface area contributed by atoms with Crippen LogP contribution in [0.15, 0.2) is 42.6 Å². The molecule has 0 saturated heterocycles. The molecule has 0 atom stereocenters. The average molecular weight is 285 g/mol. The van der Waals surface area contributed by atoms with E-state index in [0.717, 1.165) is 16.5 Å². The van der Waals surface area contributed by atoms with Gasteiger partial charge in [0.05, 0.1) is 5.02 Å². The van der Waals surface area contributed by atoms with Crippen LogP contribution in [0.2, 0.25) is 5.02 Å². The van der Waals surface area contributed by atoms with E-state index < -0.39 is 0 Å². The van der Waals surface area contributed by atoms with Crippen LogP contribution in [0.5, 0.6) is 0 Å². The molecule has 0 bridgehead atoms. The minimum Gasteiger partial charge on any atom is -0.398 e. The number of carbonyl (C=O) groups excluding carboxylic acids is 1. The van der Waals surface area contributed by atoms with E-state index in [4.69, 9.17) is 17.3 Å². The van der Waals surface area contributed by atoms with E-state index in [-0.39, 0.29) is 5.78 Å². The molecule has 3 rings (SSSR count). The Balaban J connectivity index is 2.21. The Hall–Kier alpha value is -2.26. The van der Waals surface area contributed by atoms with Crippen molar-refractivity contribution in [2.75, 3.05) is 5.73 Å². The lowest BCUT2D eigenvalue weighted by molar-refractivity contribution is 0.104. The summed E-state index contributed by atoms with van der Waals surface area (Å²) in [6, 6.07) is 10.9. The van der Waals surface area contributed by atoms with Crippen LogP contribution in [0.4, 0.5) is 5.69 Å². The average Bonchev–Trinajstić information content (AvgIpc) is 2.86. The predicted octanol–water partition coefficient (Wildman–Crippen LogP) is 3.94. The maximum Gasteiger partial charge on any atom is 0.197 e. The molecular weight excluding hydrogens is 272 g/mol. The summed E-state index contributed by atoms with van der Waals surface area (Å²) in [5, 5.41) is 1.29. The minimum absolute atomic E-state index is 0.120. The molecule has 0 aliphatic carbocycles. The Labute approximate surface area is 121 Å². The van der Waals surface area contributed by atoms with Crippen molar-refractivity contribution in [1.82, 2.24) is 4.98 Å². The summed E-state index contributed by atoms with van der Waals surface area (Å²) in [6.07, 6.45) is 1.68. The van der Waals surface area contributed by atoms with Gasteiger partial charge in [0.25, 0.3) is 0 Å². The van der Waals surface area contributed by atoms with Gasteiger partial charge in [-0.15, -0.1) is 0 Å². The normalized spacial score (nSPS) is 10.9. The third-order valence-electron chi connectivity index (χ3n) is 3.35. The van der Waals surface area contributed by atoms with E-state index in [1.807, 2.05) is 25.1 Å². The first-order valence-corrected chi connectivity index (χ1v) is 6.62. The third kappa shape index (κ3) is 1.96. The number of hydrogen-bond donors (Lipinski definition) is 2. The number of nitrogens with two attached hydrogens (primary N) is 1. The fourth-order valence-electron chi connectivity index (χ4n) is 2.33. The highest BCUT2D eigenvalue weighted by Gasteiger charge is 2.18. The maximum atomic E-state index is 12.7. The summed E-state index contributed by atoms with van der Waals surface area (Å²) < 4.78 is 0. The molecule has 3 aromatic rings. The molecule has 0 fully saturated rings. The van der Waals surface area contributed by atoms with Crippen LogP contribution in [-0.2, 0) is 0 Å². The first kappa shape index (κ1) is 12.8. The molecule has 4 heteroatoms. The van der Waals surface area contributed by atoms with Gasteiger partial charge in [-0.25, -0.2) is 0 Å². The molecule has 1 aromatic heterocycles. The molecule has 3 N–H and O–H groups in total. The number of aryl methyl sites for hydroxylation is 1. The minimum atomic E-state index is -0.120. The maximum absolute atomic E-state index is 12.7. The third-order valence-corrected chi connectivity index (χ3v) is 3.67. The Bertz CT molecular complexity index is 820. The number of rotatable bonds is 2. The molecule has 0 saturated carbocycles. The molecule has 100 valence electrons. The van der Waals surface area contributed by atoms with E-state index in [2.05, 4.69) is 4.98 Å². The van der Waals surface area contributed by atoms with Gasteiger partial charge in [0, 0.05) is 33.9 Å². The Morgan fingerprint density at radius 1 is 1.20 bits per heavy atom. The quantitative estimate of drug-likeness (QED) is 0.553. The van der Waals surface area contributed by atoms with Crippen LogP contribution < -0.4 is 5.73 Å². The van der Waals surface area contributed by atoms with E-state index in [0.29, 0.717) is 21.8 Å². The number of nitrogens with one attached hydrogen (secondary N) is 1. The number of halogens is 1. The summed E-state index contributed by atoms with van der Waals surface area (Å²) >= 11 is 6.20. The number of benzene rings is 2. The smallest absolute Gasteiger partial charge is 0.197 e. The zero-order chi connectivity index (χ0) is 14.3. The highest BCUT2D eigenvalue weighted by molar-refractivity contribution is 6.37. The van der Waals surface area contributed by atoms with Gasteiger partial charge in [-0.3, -0.25) is 4.79 Å². The second-order valence-electron chi connectivity index (χ2n) is 4.78. The topological polar surface area (TPSA) is 58.9 Å². The predicted molar refractivity (Wildman–Crippen MR) is 82.3 cm³/mol. The number of hydrogen-bond acceptors (Lipinski definition) is 2. The molecule has 20 heavy (non-hydrogen) atoms. The summed E-state index contributed by atoms with van der Waals surface area (Å²) in [6.45, 7) is 1.93. The number of H-pyrrole nitrogens is 1. The first-order chi connectivity index (χ1) is 9.58. The SMILES string of the molecule is Cc1ccc(N)c(C(=O)c2c[nH]c3cccc(Cl)c23)c1. The van der Waals surface area contributed by atoms with Crippen LogP contribution in [-0.4, -0.2) is 10.8 Å². The first-order valence-electron chi connectivity index (χ1n) is 6.24. The highest BCUT2D eigenvalue weighted by Crippen LogP contribution is 2.29. The van der Waals surface area contributed by atoms with Crippen molar-refractivity contribution in [2.24, 2.45) is 0 Å². The number of aromatic amines is 1. The van der Waals surface area contributed by atoms with E-state index in [9.17, 15) is 4.79 Å². The Kier molecular flexibility index (Phi) is 2.99. The molecule has 0 radical (unpaired) electrons. The molecule has 0 spiro atoms. The lowest BCUT2D eigenvalue weighted by atomic mass is 9.99. The van der Waals surface area contributed by atoms with Crippen LogP contribution in [0, 0.1) is 6.92 Å². The van der Waals surface area contributed by atoms with Crippen LogP contribution in [0.3, 0.4) is 0 Å². The number of fused-ring (bicyclic) bond motifs is 1. The Morgan fingerprint density at radius 2 is 2.00 bits per heavy atom. The second kappa shape index (κ2) is 4.69. The Morgan fingerprint density at radius 3 is 2.80 bits per heavy atom. The molecule has 1 heterocycles. The lowest BCUT2D eigenvalue weighted by Gasteiger charge is -2.06. The van der Waals surface area contributed by atoms with E-state index in [1.165, 1.54) is 0 Å². The molecule has 2 aromatic carbocycles. The van der Waals surface area contributed by atoms with Gasteiger partial charge in [0.2, 0.25) is 0 Å². The summed E-state index contributed by atoms with van der Waals surface area (Å²) in [5.41, 5.74) is 9.27. The highest BCUT2D eigenvalue weighted by atomic mass is 35.5. The molecular formula is C16H13ClN2O. The number of anilines is 1. The number of aromatic nitrogens is 1. The van der Waals surface area contributed by atoms with Gasteiger partial charge in [-0.05, 0) is 31.2 Å². The zero-order valence-electron chi connectivity index (χ0n) is 10.9. The lowest BCUT2D eigenvalue weighted by Crippen LogP contribution is -2.05. The van der Waals surface area contributed by atoms with Crippen molar-refractivity contribution >= 4 is 34.0 Å². The van der Waals surface area contributed by atoms with Gasteiger partial charge >= 0.3 is 0 Å². The molecule has 3 nitrogen and oxygen atoms in total. The monoisotopic (exact) mass is 284 g/mol. The standard InChI is InChI=1S/C16H13ClN2O/c1-9-5-6-13(18)10(7-9)16(20)11-8-19-14-4-2-3-12(17)15(11)14/h2-8,19H,18H2,1H3. The van der Waals surface area contributed by atoms with Crippen molar-refractivity contribution in [3.05, 3.63) is 64.3 Å². The van der Waals surface area contributed by atoms with Gasteiger partial charge < -0.3 is 10.7 Å². The van der Waals surface area contributed by atoms with E-state index in [1.54, 1.807) is 24.4 Å². The van der Waals surface area contributed by atoms with Crippen molar-refractivity contribution in [3.63, 3.8) is 0 Å². The molecule has 0 aliphatic heterocycles. The van der Waals surface area contributed by atoms with E-state index >= 15 is 0 Å². The van der Waals surface area contributed by atoms with Crippen molar-refractivity contribution < 1.29 is 4.79 Å². The van der Waals surface area contributed by atoms with Crippen molar-refractivity contribution in [2.45, 2.75) is 6.92 Å². The van der Waals surface area contributed by atoms with Crippen molar-refractivity contribution in [3.8, 4) is 0 Å². The second-order valence-corrected chi connectivity index (χ2v) is 5.19. The van der Waals surface area contributed by atoms with Crippen LogP contribution >= 0.6 is 11.6 Å². The summed E-state index contributed by atoms with van der Waals surface area (Å²) in [7, 11) is 0. The largest absolute Gasteiger partial charge is 0.398 e. The molecule has 0 aliphatic rings. The van der Waals surface area contributed by atoms with Gasteiger partial charge in [-0.1, -0.05) is 29.3 Å². The number of carbonyl (C=O) groups is 1.